The van der Waals surface area contributed by atoms with Crippen LogP contribution in [0.25, 0.3) is 56.0 Å². The van der Waals surface area contributed by atoms with Crippen LogP contribution in [-0.4, -0.2) is 42.2 Å². The number of nitrogens with one attached hydrogen (secondary N) is 2. The van der Waals surface area contributed by atoms with Gasteiger partial charge in [-0.15, -0.1) is 0 Å². The molecule has 8 nitrogen and oxygen atoms in total. The third-order valence-electron chi connectivity index (χ3n) is 5.66. The van der Waals surface area contributed by atoms with Gasteiger partial charge in [0.1, 0.15) is 17.3 Å². The fraction of sp³-hybridized carbons (Fsp3) is 0.0800. The molecule has 9 heteroatoms. The molecular formula is C25H18FN7O. The summed E-state index contributed by atoms with van der Waals surface area (Å²) < 4.78 is 19.4. The number of ether oxygens (including phenoxy) is 1. The van der Waals surface area contributed by atoms with Crippen molar-refractivity contribution < 1.29 is 9.13 Å². The molecule has 6 aromatic rings. The Kier molecular flexibility index (Phi) is 4.54. The Balaban J connectivity index is 1.49. The molecule has 0 amide bonds. The van der Waals surface area contributed by atoms with Gasteiger partial charge in [-0.3, -0.25) is 15.1 Å². The first kappa shape index (κ1) is 20.0. The van der Waals surface area contributed by atoms with Crippen molar-refractivity contribution in [1.29, 1.82) is 0 Å². The van der Waals surface area contributed by atoms with Gasteiger partial charge in [0.15, 0.2) is 11.5 Å². The molecule has 5 heterocycles. The maximum absolute atomic E-state index is 14.1. The molecular weight excluding hydrogens is 433 g/mol. The van der Waals surface area contributed by atoms with Crippen LogP contribution in [0, 0.1) is 12.7 Å². The zero-order valence-electron chi connectivity index (χ0n) is 18.3. The molecule has 6 rings (SSSR count). The lowest BCUT2D eigenvalue weighted by molar-refractivity contribution is 0.413. The van der Waals surface area contributed by atoms with Crippen molar-refractivity contribution in [2.24, 2.45) is 0 Å². The fourth-order valence-electron chi connectivity index (χ4n) is 4.08. The Morgan fingerprint density at radius 2 is 1.88 bits per heavy atom. The highest BCUT2D eigenvalue weighted by molar-refractivity contribution is 5.96. The Labute approximate surface area is 192 Å². The van der Waals surface area contributed by atoms with E-state index in [9.17, 15) is 4.39 Å². The number of methoxy groups -OCH3 is 1. The Morgan fingerprint density at radius 3 is 2.74 bits per heavy atom. The van der Waals surface area contributed by atoms with Crippen molar-refractivity contribution in [3.8, 4) is 39.7 Å². The molecule has 0 bridgehead atoms. The minimum absolute atomic E-state index is 0.287. The van der Waals surface area contributed by atoms with Gasteiger partial charge in [0.25, 0.3) is 0 Å². The Hall–Kier alpha value is -4.66. The molecule has 0 aliphatic heterocycles. The number of rotatable bonds is 4. The van der Waals surface area contributed by atoms with E-state index in [-0.39, 0.29) is 5.82 Å². The zero-order valence-corrected chi connectivity index (χ0v) is 18.3. The number of imidazole rings is 1. The van der Waals surface area contributed by atoms with Crippen molar-refractivity contribution in [3.05, 3.63) is 72.6 Å². The summed E-state index contributed by atoms with van der Waals surface area (Å²) in [6.07, 6.45) is 6.77. The molecule has 0 aliphatic carbocycles. The average Bonchev–Trinajstić information content (AvgIpc) is 3.46. The van der Waals surface area contributed by atoms with Crippen molar-refractivity contribution >= 4 is 22.1 Å². The topological polar surface area (TPSA) is 105 Å². The maximum Gasteiger partial charge on any atom is 0.178 e. The molecule has 0 radical (unpaired) electrons. The number of aryl methyl sites for hydroxylation is 1. The van der Waals surface area contributed by atoms with E-state index in [1.165, 1.54) is 12.1 Å². The Bertz CT molecular complexity index is 1670. The highest BCUT2D eigenvalue weighted by atomic mass is 19.1. The summed E-state index contributed by atoms with van der Waals surface area (Å²) in [6.45, 7) is 1.86. The van der Waals surface area contributed by atoms with Crippen LogP contribution < -0.4 is 4.74 Å². The molecule has 0 fully saturated rings. The summed E-state index contributed by atoms with van der Waals surface area (Å²) in [4.78, 5) is 21.2. The molecule has 34 heavy (non-hydrogen) atoms. The van der Waals surface area contributed by atoms with Crippen LogP contribution in [0.5, 0.6) is 5.75 Å². The van der Waals surface area contributed by atoms with E-state index in [1.54, 1.807) is 31.9 Å². The number of aromatic nitrogens is 7. The number of fused-ring (bicyclic) bond motifs is 2. The predicted octanol–water partition coefficient (Wildman–Crippen LogP) is 5.08. The van der Waals surface area contributed by atoms with E-state index >= 15 is 0 Å². The summed E-state index contributed by atoms with van der Waals surface area (Å²) >= 11 is 0. The van der Waals surface area contributed by atoms with E-state index in [0.717, 1.165) is 38.9 Å². The van der Waals surface area contributed by atoms with Crippen LogP contribution in [-0.2, 0) is 0 Å². The van der Waals surface area contributed by atoms with Gasteiger partial charge in [0, 0.05) is 28.9 Å². The van der Waals surface area contributed by atoms with Crippen molar-refractivity contribution in [2.75, 3.05) is 7.11 Å². The standard InChI is InChI=1S/C25H18FN7O/c1-13-5-14(7-16(26)6-13)18-3-4-28-24-22(18)30-25(31-24)23-19-9-20(29-12-21(19)32-33-23)15-8-17(34-2)11-27-10-15/h3-12H,1-2H3,(H,32,33)(H,28,30,31). The van der Waals surface area contributed by atoms with E-state index in [2.05, 4.69) is 35.1 Å². The SMILES string of the molecule is COc1cncc(-c2cc3c(-c4nc5nccc(-c6cc(C)cc(F)c6)c5[nH]4)n[nH]c3cn2)c1. The largest absolute Gasteiger partial charge is 0.495 e. The second-order valence-corrected chi connectivity index (χ2v) is 7.96. The zero-order chi connectivity index (χ0) is 23.2. The molecule has 0 aliphatic rings. The second kappa shape index (κ2) is 7.73. The number of hydrogen-bond donors (Lipinski definition) is 2. The summed E-state index contributed by atoms with van der Waals surface area (Å²) in [5, 5.41) is 8.33. The number of pyridine rings is 3. The van der Waals surface area contributed by atoms with E-state index in [4.69, 9.17) is 4.74 Å². The molecule has 0 saturated heterocycles. The van der Waals surface area contributed by atoms with Crippen LogP contribution in [0.3, 0.4) is 0 Å². The second-order valence-electron chi connectivity index (χ2n) is 7.96. The normalized spacial score (nSPS) is 11.4. The quantitative estimate of drug-likeness (QED) is 0.387. The van der Waals surface area contributed by atoms with Crippen LogP contribution in [0.2, 0.25) is 0 Å². The first-order valence-electron chi connectivity index (χ1n) is 10.6. The summed E-state index contributed by atoms with van der Waals surface area (Å²) in [5.74, 6) is 0.913. The van der Waals surface area contributed by atoms with Gasteiger partial charge in [0.05, 0.1) is 36.2 Å². The molecule has 166 valence electrons. The lowest BCUT2D eigenvalue weighted by atomic mass is 10.0. The minimum Gasteiger partial charge on any atom is -0.495 e. The number of hydrogen-bond acceptors (Lipinski definition) is 6. The number of nitrogens with zero attached hydrogens (tertiary/aromatic N) is 5. The van der Waals surface area contributed by atoms with Crippen LogP contribution in [0.15, 0.2) is 61.2 Å². The van der Waals surface area contributed by atoms with Gasteiger partial charge >= 0.3 is 0 Å². The van der Waals surface area contributed by atoms with Crippen molar-refractivity contribution in [1.82, 2.24) is 35.1 Å². The summed E-state index contributed by atoms with van der Waals surface area (Å²) in [5.41, 5.74) is 6.60. The first-order valence-corrected chi connectivity index (χ1v) is 10.6. The third kappa shape index (κ3) is 3.34. The molecule has 1 aromatic carbocycles. The Morgan fingerprint density at radius 1 is 0.971 bits per heavy atom. The highest BCUT2D eigenvalue weighted by Crippen LogP contribution is 2.32. The van der Waals surface area contributed by atoms with Gasteiger partial charge in [-0.05, 0) is 48.4 Å². The van der Waals surface area contributed by atoms with Gasteiger partial charge in [-0.25, -0.2) is 14.4 Å². The number of H-pyrrole nitrogens is 2. The lowest BCUT2D eigenvalue weighted by Crippen LogP contribution is -1.89. The van der Waals surface area contributed by atoms with Crippen LogP contribution >= 0.6 is 0 Å². The fourth-order valence-corrected chi connectivity index (χ4v) is 4.08. The smallest absolute Gasteiger partial charge is 0.178 e. The molecule has 5 aromatic heterocycles. The van der Waals surface area contributed by atoms with Gasteiger partial charge in [0.2, 0.25) is 0 Å². The third-order valence-corrected chi connectivity index (χ3v) is 5.66. The summed E-state index contributed by atoms with van der Waals surface area (Å²) in [6, 6.07) is 10.6. The molecule has 2 N–H and O–H groups in total. The van der Waals surface area contributed by atoms with Gasteiger partial charge in [-0.2, -0.15) is 5.10 Å². The first-order chi connectivity index (χ1) is 16.6. The van der Waals surface area contributed by atoms with E-state index in [0.29, 0.717) is 28.4 Å². The predicted molar refractivity (Wildman–Crippen MR) is 127 cm³/mol. The van der Waals surface area contributed by atoms with Crippen molar-refractivity contribution in [3.63, 3.8) is 0 Å². The van der Waals surface area contributed by atoms with Gasteiger partial charge < -0.3 is 9.72 Å². The number of halogens is 1. The highest BCUT2D eigenvalue weighted by Gasteiger charge is 2.17. The monoisotopic (exact) mass is 451 g/mol. The van der Waals surface area contributed by atoms with Crippen molar-refractivity contribution in [2.45, 2.75) is 6.92 Å². The molecule has 0 saturated carbocycles. The molecule has 0 spiro atoms. The summed E-state index contributed by atoms with van der Waals surface area (Å²) in [7, 11) is 1.60. The molecule has 0 atom stereocenters. The van der Waals surface area contributed by atoms with Gasteiger partial charge in [-0.1, -0.05) is 6.07 Å². The lowest BCUT2D eigenvalue weighted by Gasteiger charge is -2.04. The number of aromatic amines is 2. The average molecular weight is 451 g/mol. The van der Waals surface area contributed by atoms with E-state index in [1.807, 2.05) is 31.2 Å². The minimum atomic E-state index is -0.287. The van der Waals surface area contributed by atoms with Crippen LogP contribution in [0.4, 0.5) is 4.39 Å². The van der Waals surface area contributed by atoms with E-state index < -0.39 is 0 Å². The number of benzene rings is 1. The maximum atomic E-state index is 14.1. The van der Waals surface area contributed by atoms with Crippen LogP contribution in [0.1, 0.15) is 5.56 Å². The molecule has 0 unspecified atom stereocenters.